The largest absolute Gasteiger partial charge is 0.293 e. The molecule has 0 aliphatic rings. The average molecular weight is 624 g/mol. The molecule has 0 amide bonds. The average Bonchev–Trinajstić information content (AvgIpc) is 3.49. The Bertz CT molecular complexity index is 2870. The van der Waals surface area contributed by atoms with Gasteiger partial charge in [0.15, 0.2) is 5.82 Å². The Hall–Kier alpha value is -6.58. The van der Waals surface area contributed by atoms with E-state index in [0.717, 1.165) is 61.0 Å². The van der Waals surface area contributed by atoms with Gasteiger partial charge in [0, 0.05) is 21.7 Å². The van der Waals surface area contributed by atoms with Crippen molar-refractivity contribution >= 4 is 54.3 Å². The molecule has 0 atom stereocenters. The van der Waals surface area contributed by atoms with E-state index in [2.05, 4.69) is 180 Å². The normalized spacial score (nSPS) is 11.7. The fraction of sp³-hybridized carbons (Fsp3) is 0. The molecule has 0 saturated heterocycles. The van der Waals surface area contributed by atoms with Gasteiger partial charge in [-0.1, -0.05) is 140 Å². The van der Waals surface area contributed by atoms with E-state index in [9.17, 15) is 0 Å². The van der Waals surface area contributed by atoms with Crippen LogP contribution in [-0.4, -0.2) is 14.5 Å². The van der Waals surface area contributed by atoms with Gasteiger partial charge >= 0.3 is 0 Å². The third-order valence-corrected chi connectivity index (χ3v) is 9.74. The van der Waals surface area contributed by atoms with E-state index >= 15 is 0 Å². The number of aromatic nitrogens is 3. The Kier molecular flexibility index (Phi) is 6.18. The predicted molar refractivity (Wildman–Crippen MR) is 205 cm³/mol. The topological polar surface area (TPSA) is 30.7 Å². The second-order valence-corrected chi connectivity index (χ2v) is 12.6. The molecule has 0 N–H and O–H groups in total. The van der Waals surface area contributed by atoms with Crippen LogP contribution in [0.25, 0.3) is 93.7 Å². The van der Waals surface area contributed by atoms with Crippen molar-refractivity contribution in [2.45, 2.75) is 0 Å². The molecule has 10 rings (SSSR count). The Labute approximate surface area is 283 Å². The third-order valence-electron chi connectivity index (χ3n) is 9.74. The minimum Gasteiger partial charge on any atom is -0.293 e. The number of para-hydroxylation sites is 1. The van der Waals surface area contributed by atoms with Crippen LogP contribution < -0.4 is 0 Å². The van der Waals surface area contributed by atoms with Crippen LogP contribution in [-0.2, 0) is 0 Å². The molecule has 8 aromatic carbocycles. The van der Waals surface area contributed by atoms with E-state index in [1.165, 1.54) is 26.9 Å². The van der Waals surface area contributed by atoms with Crippen molar-refractivity contribution in [3.8, 4) is 39.5 Å². The molecule has 0 unspecified atom stereocenters. The van der Waals surface area contributed by atoms with Crippen LogP contribution in [0.4, 0.5) is 0 Å². The summed E-state index contributed by atoms with van der Waals surface area (Å²) in [5.41, 5.74) is 8.72. The lowest BCUT2D eigenvalue weighted by Crippen LogP contribution is -2.03. The van der Waals surface area contributed by atoms with Crippen molar-refractivity contribution in [1.82, 2.24) is 14.5 Å². The first-order valence-electron chi connectivity index (χ1n) is 16.7. The van der Waals surface area contributed by atoms with Crippen molar-refractivity contribution in [1.29, 1.82) is 0 Å². The molecule has 0 bridgehead atoms. The summed E-state index contributed by atoms with van der Waals surface area (Å²) in [7, 11) is 0. The number of hydrogen-bond donors (Lipinski definition) is 0. The standard InChI is InChI=1S/C46H29N3/c1-3-14-31(15-4-1)38-28-41-42(29-39(38)32-16-5-2-6-17-32)47-45(36-24-23-30-13-7-8-18-33(30)25-36)48-46(41)49-43-22-12-11-21-37(43)40-26-34-19-9-10-20-35(34)27-44(40)49/h1-29H. The predicted octanol–water partition coefficient (Wildman–Crippen LogP) is 12.0. The van der Waals surface area contributed by atoms with E-state index in [1.54, 1.807) is 0 Å². The SMILES string of the molecule is c1ccc(-c2cc3nc(-c4ccc5ccccc5c4)nc(-n4c5ccccc5c5cc6ccccc6cc54)c3cc2-c2ccccc2)cc1. The molecular weight excluding hydrogens is 595 g/mol. The van der Waals surface area contributed by atoms with Crippen LogP contribution in [0.1, 0.15) is 0 Å². The van der Waals surface area contributed by atoms with Gasteiger partial charge in [-0.2, -0.15) is 0 Å². The lowest BCUT2D eigenvalue weighted by Gasteiger charge is -2.17. The highest BCUT2D eigenvalue weighted by atomic mass is 15.1. The zero-order valence-electron chi connectivity index (χ0n) is 26.6. The number of rotatable bonds is 4. The van der Waals surface area contributed by atoms with Crippen molar-refractivity contribution in [3.63, 3.8) is 0 Å². The van der Waals surface area contributed by atoms with Gasteiger partial charge in [0.1, 0.15) is 5.82 Å². The molecule has 0 radical (unpaired) electrons. The van der Waals surface area contributed by atoms with E-state index in [-0.39, 0.29) is 0 Å². The molecule has 228 valence electrons. The lowest BCUT2D eigenvalue weighted by atomic mass is 9.92. The summed E-state index contributed by atoms with van der Waals surface area (Å²) in [5, 5.41) is 8.19. The maximum Gasteiger partial charge on any atom is 0.162 e. The Morgan fingerprint density at radius 3 is 1.67 bits per heavy atom. The molecule has 0 aliphatic carbocycles. The molecule has 2 heterocycles. The summed E-state index contributed by atoms with van der Waals surface area (Å²) in [6, 6.07) is 62.7. The lowest BCUT2D eigenvalue weighted by molar-refractivity contribution is 1.08. The van der Waals surface area contributed by atoms with Crippen molar-refractivity contribution in [2.24, 2.45) is 0 Å². The first kappa shape index (κ1) is 27.5. The summed E-state index contributed by atoms with van der Waals surface area (Å²) < 4.78 is 2.35. The molecular formula is C46H29N3. The minimum atomic E-state index is 0.700. The molecule has 3 nitrogen and oxygen atoms in total. The summed E-state index contributed by atoms with van der Waals surface area (Å²) in [6.45, 7) is 0. The maximum atomic E-state index is 5.49. The maximum absolute atomic E-state index is 5.49. The van der Waals surface area contributed by atoms with Crippen molar-refractivity contribution in [2.75, 3.05) is 0 Å². The van der Waals surface area contributed by atoms with Gasteiger partial charge in [0.25, 0.3) is 0 Å². The molecule has 10 aromatic rings. The monoisotopic (exact) mass is 623 g/mol. The second-order valence-electron chi connectivity index (χ2n) is 12.6. The van der Waals surface area contributed by atoms with Gasteiger partial charge in [-0.05, 0) is 80.2 Å². The first-order chi connectivity index (χ1) is 24.3. The van der Waals surface area contributed by atoms with E-state index in [1.807, 2.05) is 0 Å². The number of nitrogens with zero attached hydrogens (tertiary/aromatic N) is 3. The third kappa shape index (κ3) is 4.51. The van der Waals surface area contributed by atoms with Gasteiger partial charge in [0.2, 0.25) is 0 Å². The smallest absolute Gasteiger partial charge is 0.162 e. The van der Waals surface area contributed by atoms with Gasteiger partial charge in [-0.3, -0.25) is 4.57 Å². The van der Waals surface area contributed by atoms with Gasteiger partial charge in [-0.25, -0.2) is 9.97 Å². The van der Waals surface area contributed by atoms with Crippen LogP contribution in [0.3, 0.4) is 0 Å². The summed E-state index contributed by atoms with van der Waals surface area (Å²) >= 11 is 0. The highest BCUT2D eigenvalue weighted by Gasteiger charge is 2.21. The highest BCUT2D eigenvalue weighted by Crippen LogP contribution is 2.41. The van der Waals surface area contributed by atoms with Crippen LogP contribution in [0.2, 0.25) is 0 Å². The molecule has 2 aromatic heterocycles. The summed E-state index contributed by atoms with van der Waals surface area (Å²) in [4.78, 5) is 10.8. The molecule has 0 aliphatic heterocycles. The Morgan fingerprint density at radius 2 is 0.939 bits per heavy atom. The molecule has 0 fully saturated rings. The van der Waals surface area contributed by atoms with Crippen LogP contribution in [0.15, 0.2) is 176 Å². The van der Waals surface area contributed by atoms with E-state index < -0.39 is 0 Å². The second kappa shape index (κ2) is 11.0. The minimum absolute atomic E-state index is 0.700. The van der Waals surface area contributed by atoms with E-state index in [4.69, 9.17) is 9.97 Å². The Balaban J connectivity index is 1.36. The summed E-state index contributed by atoms with van der Waals surface area (Å²) in [5.74, 6) is 1.57. The molecule has 3 heteroatoms. The zero-order valence-corrected chi connectivity index (χ0v) is 26.6. The highest BCUT2D eigenvalue weighted by molar-refractivity contribution is 6.14. The summed E-state index contributed by atoms with van der Waals surface area (Å²) in [6.07, 6.45) is 0. The number of fused-ring (bicyclic) bond motifs is 6. The van der Waals surface area contributed by atoms with Crippen LogP contribution in [0, 0.1) is 0 Å². The number of hydrogen-bond acceptors (Lipinski definition) is 2. The van der Waals surface area contributed by atoms with Crippen LogP contribution in [0.5, 0.6) is 0 Å². The van der Waals surface area contributed by atoms with E-state index in [0.29, 0.717) is 5.82 Å². The van der Waals surface area contributed by atoms with Gasteiger partial charge < -0.3 is 0 Å². The Morgan fingerprint density at radius 1 is 0.347 bits per heavy atom. The van der Waals surface area contributed by atoms with Crippen LogP contribution >= 0.6 is 0 Å². The molecule has 0 spiro atoms. The zero-order chi connectivity index (χ0) is 32.3. The molecule has 49 heavy (non-hydrogen) atoms. The van der Waals surface area contributed by atoms with Crippen molar-refractivity contribution in [3.05, 3.63) is 176 Å². The van der Waals surface area contributed by atoms with Gasteiger partial charge in [-0.15, -0.1) is 0 Å². The number of benzene rings is 8. The van der Waals surface area contributed by atoms with Crippen molar-refractivity contribution < 1.29 is 0 Å². The van der Waals surface area contributed by atoms with Gasteiger partial charge in [0.05, 0.1) is 16.6 Å². The quantitative estimate of drug-likeness (QED) is 0.195. The molecule has 0 saturated carbocycles. The first-order valence-corrected chi connectivity index (χ1v) is 16.7. The fourth-order valence-corrected chi connectivity index (χ4v) is 7.38. The fourth-order valence-electron chi connectivity index (χ4n) is 7.38.